The van der Waals surface area contributed by atoms with Crippen molar-refractivity contribution in [3.63, 3.8) is 0 Å². The molecule has 108 valence electrons. The Kier molecular flexibility index (Phi) is 3.21. The topological polar surface area (TPSA) is 72.9 Å². The molecule has 2 aromatic heterocycles. The lowest BCUT2D eigenvalue weighted by molar-refractivity contribution is 0.0697. The molecule has 1 N–H and O–H groups in total. The zero-order valence-corrected chi connectivity index (χ0v) is 11.9. The van der Waals surface area contributed by atoms with E-state index < -0.39 is 5.97 Å². The number of aromatic carboxylic acids is 1. The highest BCUT2D eigenvalue weighted by molar-refractivity contribution is 5.92. The van der Waals surface area contributed by atoms with Gasteiger partial charge in [-0.25, -0.2) is 9.78 Å². The lowest BCUT2D eigenvalue weighted by Gasteiger charge is -2.05. The van der Waals surface area contributed by atoms with Crippen molar-refractivity contribution in [2.45, 2.75) is 19.8 Å². The number of carboxylic acid groups (broad SMARTS) is 1. The number of nitrogens with zero attached hydrogens (tertiary/aromatic N) is 4. The Morgan fingerprint density at radius 1 is 1.33 bits per heavy atom. The van der Waals surface area contributed by atoms with Crippen LogP contribution in [0.15, 0.2) is 30.5 Å². The lowest BCUT2D eigenvalue weighted by Crippen LogP contribution is -2.03. The second kappa shape index (κ2) is 5.05. The van der Waals surface area contributed by atoms with Gasteiger partial charge >= 0.3 is 5.97 Å². The van der Waals surface area contributed by atoms with E-state index in [-0.39, 0.29) is 5.56 Å². The second-order valence-corrected chi connectivity index (χ2v) is 4.97. The average molecular weight is 284 g/mol. The van der Waals surface area contributed by atoms with E-state index in [4.69, 9.17) is 0 Å². The van der Waals surface area contributed by atoms with E-state index >= 15 is 0 Å². The van der Waals surface area contributed by atoms with Crippen LogP contribution in [0.4, 0.5) is 0 Å². The number of aromatic nitrogens is 4. The van der Waals surface area contributed by atoms with Crippen molar-refractivity contribution in [1.29, 1.82) is 0 Å². The average Bonchev–Trinajstić information content (AvgIpc) is 3.01. The Labute approximate surface area is 121 Å². The molecule has 2 heterocycles. The van der Waals surface area contributed by atoms with Crippen molar-refractivity contribution in [3.8, 4) is 5.82 Å². The number of carboxylic acids is 1. The van der Waals surface area contributed by atoms with E-state index in [2.05, 4.69) is 17.0 Å². The number of hydrogen-bond acceptors (Lipinski definition) is 3. The third-order valence-electron chi connectivity index (χ3n) is 3.37. The van der Waals surface area contributed by atoms with E-state index in [1.165, 1.54) is 0 Å². The molecule has 0 fully saturated rings. The zero-order valence-electron chi connectivity index (χ0n) is 11.9. The number of imidazole rings is 1. The summed E-state index contributed by atoms with van der Waals surface area (Å²) < 4.78 is 3.66. The lowest BCUT2D eigenvalue weighted by atomic mass is 10.2. The molecule has 21 heavy (non-hydrogen) atoms. The van der Waals surface area contributed by atoms with Crippen molar-refractivity contribution < 1.29 is 9.90 Å². The van der Waals surface area contributed by atoms with Crippen LogP contribution in [0.25, 0.3) is 16.9 Å². The largest absolute Gasteiger partial charge is 0.478 e. The molecule has 0 amide bonds. The summed E-state index contributed by atoms with van der Waals surface area (Å²) in [6.45, 7) is 2.09. The molecule has 3 aromatic rings. The molecular formula is C15H16N4O2. The quantitative estimate of drug-likeness (QED) is 0.798. The SMILES string of the molecule is CCCc1nc2ccc(C(=O)O)cc2n1-c1ccn(C)n1. The molecule has 3 rings (SSSR count). The summed E-state index contributed by atoms with van der Waals surface area (Å²) >= 11 is 0. The molecule has 0 unspecified atom stereocenters. The highest BCUT2D eigenvalue weighted by Gasteiger charge is 2.15. The molecule has 0 saturated heterocycles. The molecule has 0 atom stereocenters. The number of carbonyl (C=O) groups is 1. The molecule has 1 aromatic carbocycles. The Morgan fingerprint density at radius 3 is 2.76 bits per heavy atom. The third kappa shape index (κ3) is 2.29. The molecule has 0 bridgehead atoms. The Hall–Kier alpha value is -2.63. The third-order valence-corrected chi connectivity index (χ3v) is 3.37. The summed E-state index contributed by atoms with van der Waals surface area (Å²) in [5, 5.41) is 13.6. The van der Waals surface area contributed by atoms with Crippen LogP contribution in [0.5, 0.6) is 0 Å². The van der Waals surface area contributed by atoms with Crippen molar-refractivity contribution in [3.05, 3.63) is 41.9 Å². The van der Waals surface area contributed by atoms with Gasteiger partial charge in [0.05, 0.1) is 16.6 Å². The van der Waals surface area contributed by atoms with E-state index in [9.17, 15) is 9.90 Å². The van der Waals surface area contributed by atoms with Gasteiger partial charge in [-0.2, -0.15) is 5.10 Å². The van der Waals surface area contributed by atoms with Gasteiger partial charge in [-0.3, -0.25) is 9.25 Å². The number of hydrogen-bond donors (Lipinski definition) is 1. The van der Waals surface area contributed by atoms with Crippen LogP contribution in [0.1, 0.15) is 29.5 Å². The second-order valence-electron chi connectivity index (χ2n) is 4.97. The molecular weight excluding hydrogens is 268 g/mol. The van der Waals surface area contributed by atoms with Gasteiger partial charge in [-0.05, 0) is 24.6 Å². The highest BCUT2D eigenvalue weighted by atomic mass is 16.4. The first-order chi connectivity index (χ1) is 10.1. The van der Waals surface area contributed by atoms with Crippen molar-refractivity contribution in [2.24, 2.45) is 7.05 Å². The van der Waals surface area contributed by atoms with E-state index in [1.54, 1.807) is 22.9 Å². The number of rotatable bonds is 4. The van der Waals surface area contributed by atoms with Crippen molar-refractivity contribution >= 4 is 17.0 Å². The number of benzene rings is 1. The van der Waals surface area contributed by atoms with Gasteiger partial charge in [-0.1, -0.05) is 6.92 Å². The summed E-state index contributed by atoms with van der Waals surface area (Å²) in [7, 11) is 1.85. The number of fused-ring (bicyclic) bond motifs is 1. The van der Waals surface area contributed by atoms with Gasteiger partial charge in [0.1, 0.15) is 5.82 Å². The minimum absolute atomic E-state index is 0.252. The molecule has 6 heteroatoms. The molecule has 0 saturated carbocycles. The van der Waals surface area contributed by atoms with Crippen molar-refractivity contribution in [2.75, 3.05) is 0 Å². The molecule has 0 aliphatic carbocycles. The van der Waals surface area contributed by atoms with Gasteiger partial charge < -0.3 is 5.11 Å². The highest BCUT2D eigenvalue weighted by Crippen LogP contribution is 2.22. The molecule has 0 aliphatic rings. The summed E-state index contributed by atoms with van der Waals surface area (Å²) in [4.78, 5) is 15.8. The summed E-state index contributed by atoms with van der Waals surface area (Å²) in [6, 6.07) is 6.87. The number of aryl methyl sites for hydroxylation is 2. The van der Waals surface area contributed by atoms with Crippen molar-refractivity contribution in [1.82, 2.24) is 19.3 Å². The molecule has 0 spiro atoms. The molecule has 0 aliphatic heterocycles. The van der Waals surface area contributed by atoms with Crippen LogP contribution in [-0.2, 0) is 13.5 Å². The van der Waals surface area contributed by atoms with E-state index in [1.807, 2.05) is 23.9 Å². The van der Waals surface area contributed by atoms with Crippen LogP contribution in [0, 0.1) is 0 Å². The van der Waals surface area contributed by atoms with Gasteiger partial charge in [0.15, 0.2) is 5.82 Å². The zero-order chi connectivity index (χ0) is 15.0. The smallest absolute Gasteiger partial charge is 0.335 e. The first-order valence-corrected chi connectivity index (χ1v) is 6.85. The predicted octanol–water partition coefficient (Wildman–Crippen LogP) is 2.41. The molecule has 0 radical (unpaired) electrons. The Bertz CT molecular complexity index is 816. The van der Waals surface area contributed by atoms with Crippen LogP contribution in [0.2, 0.25) is 0 Å². The predicted molar refractivity (Wildman–Crippen MR) is 78.8 cm³/mol. The first-order valence-electron chi connectivity index (χ1n) is 6.85. The molecule has 6 nitrogen and oxygen atoms in total. The van der Waals surface area contributed by atoms with Gasteiger partial charge in [0, 0.05) is 25.7 Å². The van der Waals surface area contributed by atoms with Crippen LogP contribution in [0.3, 0.4) is 0 Å². The van der Waals surface area contributed by atoms with Gasteiger partial charge in [0.25, 0.3) is 0 Å². The van der Waals surface area contributed by atoms with Crippen LogP contribution >= 0.6 is 0 Å². The maximum atomic E-state index is 11.2. The van der Waals surface area contributed by atoms with Crippen LogP contribution in [-0.4, -0.2) is 30.4 Å². The minimum Gasteiger partial charge on any atom is -0.478 e. The van der Waals surface area contributed by atoms with Gasteiger partial charge in [0.2, 0.25) is 0 Å². The maximum absolute atomic E-state index is 11.2. The normalized spacial score (nSPS) is 11.1. The van der Waals surface area contributed by atoms with Crippen LogP contribution < -0.4 is 0 Å². The fourth-order valence-corrected chi connectivity index (χ4v) is 2.43. The Balaban J connectivity index is 2.28. The maximum Gasteiger partial charge on any atom is 0.335 e. The summed E-state index contributed by atoms with van der Waals surface area (Å²) in [5.74, 6) is 0.711. The monoisotopic (exact) mass is 284 g/mol. The fourth-order valence-electron chi connectivity index (χ4n) is 2.43. The summed E-state index contributed by atoms with van der Waals surface area (Å²) in [6.07, 6.45) is 3.63. The Morgan fingerprint density at radius 2 is 2.14 bits per heavy atom. The first kappa shape index (κ1) is 13.4. The van der Waals surface area contributed by atoms with E-state index in [0.717, 1.165) is 35.5 Å². The fraction of sp³-hybridized carbons (Fsp3) is 0.267. The standard InChI is InChI=1S/C15H16N4O2/c1-3-4-13-16-11-6-5-10(15(20)21)9-12(11)19(13)14-7-8-18(2)17-14/h5-9H,3-4H2,1-2H3,(H,20,21). The van der Waals surface area contributed by atoms with E-state index in [0.29, 0.717) is 0 Å². The van der Waals surface area contributed by atoms with Gasteiger partial charge in [-0.15, -0.1) is 0 Å². The summed E-state index contributed by atoms with van der Waals surface area (Å²) in [5.41, 5.74) is 1.81. The minimum atomic E-state index is -0.942.